The average Bonchev–Trinajstić information content (AvgIpc) is 3.20. The van der Waals surface area contributed by atoms with Crippen molar-refractivity contribution in [2.45, 2.75) is 45.7 Å². The molecule has 2 amide bonds. The van der Waals surface area contributed by atoms with Crippen molar-refractivity contribution < 1.29 is 9.59 Å². The Bertz CT molecular complexity index is 849. The van der Waals surface area contributed by atoms with Gasteiger partial charge in [-0.15, -0.1) is 0 Å². The highest BCUT2D eigenvalue weighted by molar-refractivity contribution is 5.92. The third-order valence-electron chi connectivity index (χ3n) is 6.05. The molecule has 7 heteroatoms. The first kappa shape index (κ1) is 18.7. The Morgan fingerprint density at radius 2 is 1.96 bits per heavy atom. The third-order valence-corrected chi connectivity index (χ3v) is 6.05. The molecule has 0 aromatic carbocycles. The molecule has 2 fully saturated rings. The SMILES string of the molecule is CCn1nccc1C(=O)N1CCC[C@]2(CCC(=O)N(Cc3ccncc3)C2)C1. The number of likely N-dealkylation sites (tertiary alicyclic amines) is 2. The summed E-state index contributed by atoms with van der Waals surface area (Å²) in [7, 11) is 0. The molecule has 148 valence electrons. The van der Waals surface area contributed by atoms with Gasteiger partial charge in [-0.25, -0.2) is 0 Å². The maximum absolute atomic E-state index is 13.1. The number of aryl methyl sites for hydroxylation is 1. The van der Waals surface area contributed by atoms with Crippen molar-refractivity contribution in [3.8, 4) is 0 Å². The lowest BCUT2D eigenvalue weighted by Gasteiger charge is -2.48. The topological polar surface area (TPSA) is 71.3 Å². The molecule has 0 bridgehead atoms. The number of carbonyl (C=O) groups excluding carboxylic acids is 2. The second-order valence-electron chi connectivity index (χ2n) is 7.97. The predicted molar refractivity (Wildman–Crippen MR) is 104 cm³/mol. The van der Waals surface area contributed by atoms with Gasteiger partial charge >= 0.3 is 0 Å². The van der Waals surface area contributed by atoms with E-state index in [0.717, 1.165) is 31.4 Å². The number of piperidine rings is 2. The Hall–Kier alpha value is -2.70. The number of rotatable bonds is 4. The van der Waals surface area contributed by atoms with Crippen LogP contribution in [0.1, 0.15) is 48.7 Å². The highest BCUT2D eigenvalue weighted by Gasteiger charge is 2.43. The molecule has 0 aliphatic carbocycles. The lowest BCUT2D eigenvalue weighted by molar-refractivity contribution is -0.139. The van der Waals surface area contributed by atoms with E-state index in [-0.39, 0.29) is 17.2 Å². The number of nitrogens with zero attached hydrogens (tertiary/aromatic N) is 5. The van der Waals surface area contributed by atoms with Crippen molar-refractivity contribution in [2.24, 2.45) is 5.41 Å². The zero-order valence-electron chi connectivity index (χ0n) is 16.4. The summed E-state index contributed by atoms with van der Waals surface area (Å²) in [4.78, 5) is 33.6. The average molecular weight is 381 g/mol. The van der Waals surface area contributed by atoms with Crippen molar-refractivity contribution in [1.29, 1.82) is 0 Å². The second-order valence-corrected chi connectivity index (χ2v) is 7.97. The van der Waals surface area contributed by atoms with Crippen LogP contribution in [-0.2, 0) is 17.9 Å². The molecule has 7 nitrogen and oxygen atoms in total. The molecule has 1 atom stereocenters. The van der Waals surface area contributed by atoms with Crippen molar-refractivity contribution in [3.63, 3.8) is 0 Å². The van der Waals surface area contributed by atoms with E-state index in [2.05, 4.69) is 10.1 Å². The lowest BCUT2D eigenvalue weighted by atomic mass is 9.73. The Morgan fingerprint density at radius 1 is 1.14 bits per heavy atom. The molecule has 2 saturated heterocycles. The zero-order chi connectivity index (χ0) is 19.6. The molecule has 1 spiro atoms. The van der Waals surface area contributed by atoms with Gasteiger partial charge in [0.05, 0.1) is 0 Å². The number of hydrogen-bond donors (Lipinski definition) is 0. The molecule has 0 radical (unpaired) electrons. The fourth-order valence-corrected chi connectivity index (χ4v) is 4.60. The quantitative estimate of drug-likeness (QED) is 0.815. The van der Waals surface area contributed by atoms with Gasteiger partial charge in [-0.05, 0) is 49.9 Å². The van der Waals surface area contributed by atoms with Gasteiger partial charge in [0.15, 0.2) is 0 Å². The van der Waals surface area contributed by atoms with Crippen LogP contribution in [0.5, 0.6) is 0 Å². The number of hydrogen-bond acceptors (Lipinski definition) is 4. The normalized spacial score (nSPS) is 22.7. The summed E-state index contributed by atoms with van der Waals surface area (Å²) in [5.41, 5.74) is 1.74. The fourth-order valence-electron chi connectivity index (χ4n) is 4.60. The Labute approximate surface area is 165 Å². The summed E-state index contributed by atoms with van der Waals surface area (Å²) in [6.45, 7) is 5.48. The van der Waals surface area contributed by atoms with E-state index in [1.54, 1.807) is 29.3 Å². The largest absolute Gasteiger partial charge is 0.338 e. The first-order valence-corrected chi connectivity index (χ1v) is 10.1. The van der Waals surface area contributed by atoms with E-state index in [1.165, 1.54) is 0 Å². The standard InChI is InChI=1S/C21H27N5O2/c1-2-26-18(7-12-23-26)20(28)24-13-3-8-21(15-24)9-4-19(27)25(16-21)14-17-5-10-22-11-6-17/h5-7,10-12H,2-4,8-9,13-16H2,1H3/t21-/m0/s1. The van der Waals surface area contributed by atoms with Crippen LogP contribution >= 0.6 is 0 Å². The van der Waals surface area contributed by atoms with Gasteiger partial charge in [0, 0.05) is 63.2 Å². The molecule has 4 rings (SSSR count). The highest BCUT2D eigenvalue weighted by Crippen LogP contribution is 2.39. The van der Waals surface area contributed by atoms with E-state index in [4.69, 9.17) is 0 Å². The first-order chi connectivity index (χ1) is 13.6. The third kappa shape index (κ3) is 3.66. The molecule has 4 heterocycles. The minimum atomic E-state index is -0.00802. The van der Waals surface area contributed by atoms with E-state index in [0.29, 0.717) is 38.3 Å². The molecule has 28 heavy (non-hydrogen) atoms. The summed E-state index contributed by atoms with van der Waals surface area (Å²) < 4.78 is 1.75. The molecule has 2 aromatic rings. The highest BCUT2D eigenvalue weighted by atomic mass is 16.2. The van der Waals surface area contributed by atoms with Crippen LogP contribution in [0.4, 0.5) is 0 Å². The molecule has 0 saturated carbocycles. The molecule has 0 N–H and O–H groups in total. The van der Waals surface area contributed by atoms with Gasteiger partial charge < -0.3 is 9.80 Å². The molecule has 2 aromatic heterocycles. The van der Waals surface area contributed by atoms with Gasteiger partial charge in [-0.2, -0.15) is 5.10 Å². The summed E-state index contributed by atoms with van der Waals surface area (Å²) in [6, 6.07) is 5.71. The van der Waals surface area contributed by atoms with Crippen LogP contribution in [0.2, 0.25) is 0 Å². The van der Waals surface area contributed by atoms with E-state index >= 15 is 0 Å². The number of aromatic nitrogens is 3. The number of carbonyl (C=O) groups is 2. The fraction of sp³-hybridized carbons (Fsp3) is 0.524. The maximum Gasteiger partial charge on any atom is 0.272 e. The molecule has 2 aliphatic heterocycles. The molecule has 2 aliphatic rings. The minimum absolute atomic E-state index is 0.00802. The van der Waals surface area contributed by atoms with Gasteiger partial charge in [0.25, 0.3) is 5.91 Å². The smallest absolute Gasteiger partial charge is 0.272 e. The van der Waals surface area contributed by atoms with Crippen molar-refractivity contribution >= 4 is 11.8 Å². The van der Waals surface area contributed by atoms with Crippen LogP contribution in [-0.4, -0.2) is 56.0 Å². The molecule has 0 unspecified atom stereocenters. The summed E-state index contributed by atoms with van der Waals surface area (Å²) >= 11 is 0. The monoisotopic (exact) mass is 381 g/mol. The van der Waals surface area contributed by atoms with Crippen molar-refractivity contribution in [3.05, 3.63) is 48.0 Å². The van der Waals surface area contributed by atoms with Gasteiger partial charge in [-0.3, -0.25) is 19.3 Å². The van der Waals surface area contributed by atoms with E-state index in [9.17, 15) is 9.59 Å². The van der Waals surface area contributed by atoms with Crippen LogP contribution in [0, 0.1) is 5.41 Å². The molecular weight excluding hydrogens is 354 g/mol. The van der Waals surface area contributed by atoms with E-state index in [1.807, 2.05) is 28.9 Å². The zero-order valence-corrected chi connectivity index (χ0v) is 16.4. The van der Waals surface area contributed by atoms with Crippen LogP contribution in [0.15, 0.2) is 36.8 Å². The van der Waals surface area contributed by atoms with Crippen LogP contribution in [0.3, 0.4) is 0 Å². The summed E-state index contributed by atoms with van der Waals surface area (Å²) in [5.74, 6) is 0.256. The van der Waals surface area contributed by atoms with Gasteiger partial charge in [0.2, 0.25) is 5.91 Å². The van der Waals surface area contributed by atoms with Gasteiger partial charge in [0.1, 0.15) is 5.69 Å². The van der Waals surface area contributed by atoms with Gasteiger partial charge in [-0.1, -0.05) is 0 Å². The second kappa shape index (κ2) is 7.73. The minimum Gasteiger partial charge on any atom is -0.338 e. The number of amides is 2. The lowest BCUT2D eigenvalue weighted by Crippen LogP contribution is -2.55. The van der Waals surface area contributed by atoms with Crippen molar-refractivity contribution in [2.75, 3.05) is 19.6 Å². The van der Waals surface area contributed by atoms with Crippen LogP contribution < -0.4 is 0 Å². The first-order valence-electron chi connectivity index (χ1n) is 10.1. The molecular formula is C21H27N5O2. The summed E-state index contributed by atoms with van der Waals surface area (Å²) in [5, 5.41) is 4.23. The number of pyridine rings is 1. The van der Waals surface area contributed by atoms with Crippen LogP contribution in [0.25, 0.3) is 0 Å². The summed E-state index contributed by atoms with van der Waals surface area (Å²) in [6.07, 6.45) is 8.66. The Kier molecular flexibility index (Phi) is 5.15. The maximum atomic E-state index is 13.1. The Balaban J connectivity index is 1.49. The predicted octanol–water partition coefficient (Wildman–Crippen LogP) is 2.34. The van der Waals surface area contributed by atoms with E-state index < -0.39 is 0 Å². The van der Waals surface area contributed by atoms with Crippen molar-refractivity contribution in [1.82, 2.24) is 24.6 Å². The Morgan fingerprint density at radius 3 is 2.75 bits per heavy atom.